The number of likely N-dealkylation sites (N-methyl/N-ethyl adjacent to an activating group) is 1. The minimum atomic E-state index is 0.227. The van der Waals surface area contributed by atoms with Crippen molar-refractivity contribution in [3.05, 3.63) is 12.7 Å². The van der Waals surface area contributed by atoms with Crippen molar-refractivity contribution in [2.45, 2.75) is 123 Å². The summed E-state index contributed by atoms with van der Waals surface area (Å²) >= 11 is 17.9. The minimum Gasteiger partial charge on any atom is -0.346 e. The van der Waals surface area contributed by atoms with Crippen LogP contribution in [-0.4, -0.2) is 101 Å². The Morgan fingerprint density at radius 3 is 1.37 bits per heavy atom. The van der Waals surface area contributed by atoms with Gasteiger partial charge >= 0.3 is 0 Å². The van der Waals surface area contributed by atoms with Crippen molar-refractivity contribution in [3.8, 4) is 0 Å². The highest BCUT2D eigenvalue weighted by atomic mass is 32.2. The highest BCUT2D eigenvalue weighted by Crippen LogP contribution is 2.13. The number of unbranched alkanes of at least 4 members (excludes halogenated alkanes) is 10. The molecular formula is C36H74N2O2S6. The van der Waals surface area contributed by atoms with E-state index in [-0.39, 0.29) is 5.91 Å². The largest absolute Gasteiger partial charge is 0.346 e. The number of carbonyl (C=O) groups excluding carboxylic acids is 2. The molecule has 0 spiro atoms. The Kier molecular flexibility index (Phi) is 50.9. The van der Waals surface area contributed by atoms with Crippen LogP contribution in [0.2, 0.25) is 0 Å². The first kappa shape index (κ1) is 51.2. The molecule has 0 aliphatic heterocycles. The van der Waals surface area contributed by atoms with Crippen molar-refractivity contribution < 1.29 is 9.59 Å². The number of rotatable bonds is 31. The maximum atomic E-state index is 12.0. The maximum Gasteiger partial charge on any atom is 0.223 e. The fourth-order valence-electron chi connectivity index (χ4n) is 4.04. The van der Waals surface area contributed by atoms with E-state index in [9.17, 15) is 9.59 Å². The number of hydrogen-bond donors (Lipinski definition) is 3. The van der Waals surface area contributed by atoms with Gasteiger partial charge in [-0.15, -0.1) is 6.58 Å². The van der Waals surface area contributed by atoms with E-state index in [1.54, 1.807) is 11.0 Å². The number of nitrogens with zero attached hydrogens (tertiary/aromatic N) is 2. The molecule has 2 amide bonds. The molecule has 0 rings (SSSR count). The monoisotopic (exact) mass is 758 g/mol. The van der Waals surface area contributed by atoms with E-state index >= 15 is 0 Å². The lowest BCUT2D eigenvalue weighted by atomic mass is 10.1. The Morgan fingerprint density at radius 1 is 0.543 bits per heavy atom. The highest BCUT2D eigenvalue weighted by molar-refractivity contribution is 7.99. The van der Waals surface area contributed by atoms with E-state index < -0.39 is 0 Å². The number of carbonyl (C=O) groups is 2. The highest BCUT2D eigenvalue weighted by Gasteiger charge is 2.08. The average molecular weight is 759 g/mol. The van der Waals surface area contributed by atoms with E-state index in [1.165, 1.54) is 101 Å². The lowest BCUT2D eigenvalue weighted by Gasteiger charge is -2.16. The van der Waals surface area contributed by atoms with Gasteiger partial charge in [0.15, 0.2) is 0 Å². The molecule has 0 atom stereocenters. The molecule has 0 radical (unpaired) electrons. The van der Waals surface area contributed by atoms with Gasteiger partial charge in [0.05, 0.1) is 0 Å². The van der Waals surface area contributed by atoms with Gasteiger partial charge < -0.3 is 9.80 Å². The van der Waals surface area contributed by atoms with Crippen LogP contribution < -0.4 is 0 Å². The summed E-state index contributed by atoms with van der Waals surface area (Å²) in [5.41, 5.74) is 0. The lowest BCUT2D eigenvalue weighted by Crippen LogP contribution is -2.28. The summed E-state index contributed by atoms with van der Waals surface area (Å²) in [6, 6.07) is 0. The third-order valence-electron chi connectivity index (χ3n) is 7.00. The van der Waals surface area contributed by atoms with Crippen LogP contribution in [0.5, 0.6) is 0 Å². The van der Waals surface area contributed by atoms with E-state index in [4.69, 9.17) is 0 Å². The molecule has 4 nitrogen and oxygen atoms in total. The molecule has 0 bridgehead atoms. The first-order valence-corrected chi connectivity index (χ1v) is 23.4. The molecule has 0 aromatic carbocycles. The molecule has 0 saturated carbocycles. The molecule has 0 saturated heterocycles. The molecular weight excluding hydrogens is 685 g/mol. The van der Waals surface area contributed by atoms with E-state index in [0.29, 0.717) is 25.3 Å². The van der Waals surface area contributed by atoms with Gasteiger partial charge in [-0.3, -0.25) is 9.59 Å². The Morgan fingerprint density at radius 2 is 0.935 bits per heavy atom. The van der Waals surface area contributed by atoms with Crippen molar-refractivity contribution in [3.63, 3.8) is 0 Å². The Bertz CT molecular complexity index is 629. The summed E-state index contributed by atoms with van der Waals surface area (Å²) in [7, 11) is 3.78. The minimum absolute atomic E-state index is 0.227. The smallest absolute Gasteiger partial charge is 0.223 e. The molecule has 0 fully saturated rings. The molecule has 10 heteroatoms. The topological polar surface area (TPSA) is 40.6 Å². The Labute approximate surface area is 317 Å². The van der Waals surface area contributed by atoms with E-state index in [2.05, 4.69) is 58.3 Å². The van der Waals surface area contributed by atoms with Crippen LogP contribution >= 0.6 is 73.2 Å². The molecule has 0 aromatic rings. The van der Waals surface area contributed by atoms with Crippen molar-refractivity contribution in [2.75, 3.05) is 79.0 Å². The fourth-order valence-corrected chi connectivity index (χ4v) is 7.72. The summed E-state index contributed by atoms with van der Waals surface area (Å²) in [4.78, 5) is 27.3. The van der Waals surface area contributed by atoms with E-state index in [1.807, 2.05) is 54.3 Å². The molecule has 0 aromatic heterocycles. The molecule has 0 N–H and O–H groups in total. The van der Waals surface area contributed by atoms with E-state index in [0.717, 1.165) is 53.9 Å². The third kappa shape index (κ3) is 44.8. The van der Waals surface area contributed by atoms with Crippen molar-refractivity contribution in [1.29, 1.82) is 0 Å². The molecule has 0 aliphatic carbocycles. The van der Waals surface area contributed by atoms with Gasteiger partial charge in [0.2, 0.25) is 11.8 Å². The van der Waals surface area contributed by atoms with Crippen LogP contribution in [0, 0.1) is 0 Å². The van der Waals surface area contributed by atoms with Gasteiger partial charge in [-0.2, -0.15) is 73.2 Å². The average Bonchev–Trinajstić information content (AvgIpc) is 3.05. The van der Waals surface area contributed by atoms with Crippen molar-refractivity contribution >= 4 is 85.0 Å². The second-order valence-corrected chi connectivity index (χ2v) is 16.5. The third-order valence-corrected chi connectivity index (χ3v) is 11.2. The lowest BCUT2D eigenvalue weighted by molar-refractivity contribution is -0.130. The fraction of sp³-hybridized carbons (Fsp3) is 0.889. The standard InChI is InChI=1S/C18H37NOS3.C15H29NOS.C3H8S2/c1-3-4-5-6-7-8-14-23-17-11-18(20)19(2)12-9-15-22-16-10-13-21;1-4-6-7-8-9-10-13-18-14-11-15(17)16(3)12-5-2;4-2-1-3-5/h21H,3-17H2,1-2H3;5H,2,4,6-14H2,1,3H3;4-5H,1-3H2. The predicted octanol–water partition coefficient (Wildman–Crippen LogP) is 10.7. The zero-order valence-electron chi connectivity index (χ0n) is 30.4. The number of amides is 2. The SMILES string of the molecule is C=CCN(C)C(=O)CCSCCCCCCCC.CCCCCCCCSCCC(=O)N(C)CCCSCCCS.SCCCS. The molecule has 0 unspecified atom stereocenters. The zero-order valence-corrected chi connectivity index (χ0v) is 35.5. The van der Waals surface area contributed by atoms with Crippen LogP contribution in [0.1, 0.15) is 123 Å². The molecule has 0 aliphatic rings. The summed E-state index contributed by atoms with van der Waals surface area (Å²) in [5.74, 6) is 10.1. The summed E-state index contributed by atoms with van der Waals surface area (Å²) in [6.07, 6.45) is 22.7. The number of thiol groups is 3. The maximum absolute atomic E-state index is 12.0. The molecule has 46 heavy (non-hydrogen) atoms. The Balaban J connectivity index is -0.000000714. The predicted molar refractivity (Wildman–Crippen MR) is 229 cm³/mol. The summed E-state index contributed by atoms with van der Waals surface area (Å²) in [6.45, 7) is 9.69. The first-order valence-electron chi connectivity index (χ1n) is 18.0. The number of hydrogen-bond acceptors (Lipinski definition) is 8. The van der Waals surface area contributed by atoms with Crippen LogP contribution in [-0.2, 0) is 9.59 Å². The second kappa shape index (κ2) is 45.8. The summed E-state index contributed by atoms with van der Waals surface area (Å²) < 4.78 is 0. The van der Waals surface area contributed by atoms with Gasteiger partial charge in [0.25, 0.3) is 0 Å². The van der Waals surface area contributed by atoms with Crippen LogP contribution in [0.4, 0.5) is 0 Å². The van der Waals surface area contributed by atoms with Gasteiger partial charge in [0, 0.05) is 51.5 Å². The van der Waals surface area contributed by atoms with Crippen LogP contribution in [0.3, 0.4) is 0 Å². The molecule has 276 valence electrons. The van der Waals surface area contributed by atoms with Crippen LogP contribution in [0.25, 0.3) is 0 Å². The van der Waals surface area contributed by atoms with Gasteiger partial charge in [0.1, 0.15) is 0 Å². The Hall–Kier alpha value is 0.780. The quantitative estimate of drug-likeness (QED) is 0.0373. The van der Waals surface area contributed by atoms with Gasteiger partial charge in [-0.1, -0.05) is 84.1 Å². The molecule has 0 heterocycles. The van der Waals surface area contributed by atoms with Gasteiger partial charge in [-0.25, -0.2) is 0 Å². The zero-order chi connectivity index (χ0) is 34.9. The number of thioether (sulfide) groups is 3. The second-order valence-electron chi connectivity index (χ2n) is 11.5. The van der Waals surface area contributed by atoms with Crippen LogP contribution in [0.15, 0.2) is 12.7 Å². The van der Waals surface area contributed by atoms with Crippen molar-refractivity contribution in [1.82, 2.24) is 9.80 Å². The summed E-state index contributed by atoms with van der Waals surface area (Å²) in [5, 5.41) is 0. The van der Waals surface area contributed by atoms with Crippen molar-refractivity contribution in [2.24, 2.45) is 0 Å². The normalized spacial score (nSPS) is 10.4. The first-order chi connectivity index (χ1) is 22.4. The van der Waals surface area contributed by atoms with Gasteiger partial charge in [-0.05, 0) is 72.4 Å².